The van der Waals surface area contributed by atoms with Crippen LogP contribution in [-0.2, 0) is 6.42 Å². The highest BCUT2D eigenvalue weighted by Crippen LogP contribution is 2.23. The average Bonchev–Trinajstić information content (AvgIpc) is 3.02. The van der Waals surface area contributed by atoms with Gasteiger partial charge in [-0.15, -0.1) is 0 Å². The van der Waals surface area contributed by atoms with E-state index in [2.05, 4.69) is 17.1 Å². The van der Waals surface area contributed by atoms with Gasteiger partial charge in [-0.2, -0.15) is 0 Å². The molecule has 23 heavy (non-hydrogen) atoms. The van der Waals surface area contributed by atoms with Gasteiger partial charge < -0.3 is 9.88 Å². The van der Waals surface area contributed by atoms with Gasteiger partial charge in [-0.25, -0.2) is 0 Å². The number of H-pyrrole nitrogens is 1. The third-order valence-electron chi connectivity index (χ3n) is 4.53. The van der Waals surface area contributed by atoms with Gasteiger partial charge in [0.05, 0.1) is 0 Å². The molecule has 0 saturated carbocycles. The topological polar surface area (TPSA) is 53.2 Å². The monoisotopic (exact) mass is 310 g/mol. The van der Waals surface area contributed by atoms with Gasteiger partial charge in [-0.1, -0.05) is 30.3 Å². The fourth-order valence-corrected chi connectivity index (χ4v) is 3.28. The van der Waals surface area contributed by atoms with Gasteiger partial charge in [0.25, 0.3) is 11.5 Å². The van der Waals surface area contributed by atoms with Crippen LogP contribution in [0.2, 0.25) is 0 Å². The molecule has 1 aromatic heterocycles. The van der Waals surface area contributed by atoms with Crippen molar-refractivity contribution < 1.29 is 4.79 Å². The van der Waals surface area contributed by atoms with Crippen LogP contribution in [0.5, 0.6) is 0 Å². The van der Waals surface area contributed by atoms with Gasteiger partial charge in [0.15, 0.2) is 0 Å². The second-order valence-corrected chi connectivity index (χ2v) is 6.20. The summed E-state index contributed by atoms with van der Waals surface area (Å²) in [4.78, 5) is 29.3. The Kier molecular flexibility index (Phi) is 4.60. The summed E-state index contributed by atoms with van der Waals surface area (Å²) < 4.78 is 0. The van der Waals surface area contributed by atoms with E-state index in [4.69, 9.17) is 0 Å². The van der Waals surface area contributed by atoms with Gasteiger partial charge in [-0.05, 0) is 50.3 Å². The molecule has 0 spiro atoms. The first-order valence-electron chi connectivity index (χ1n) is 8.20. The lowest BCUT2D eigenvalue weighted by Crippen LogP contribution is -2.38. The van der Waals surface area contributed by atoms with E-state index in [-0.39, 0.29) is 23.1 Å². The van der Waals surface area contributed by atoms with Gasteiger partial charge in [0.2, 0.25) is 0 Å². The van der Waals surface area contributed by atoms with Gasteiger partial charge in [0.1, 0.15) is 5.56 Å². The van der Waals surface area contributed by atoms with Crippen molar-refractivity contribution in [1.29, 1.82) is 0 Å². The highest BCUT2D eigenvalue weighted by Gasteiger charge is 2.30. The Hall–Kier alpha value is -2.36. The lowest BCUT2D eigenvalue weighted by Gasteiger charge is -2.24. The molecule has 1 aromatic carbocycles. The molecular weight excluding hydrogens is 288 g/mol. The quantitative estimate of drug-likeness (QED) is 0.944. The van der Waals surface area contributed by atoms with Crippen LogP contribution in [0.4, 0.5) is 0 Å². The summed E-state index contributed by atoms with van der Waals surface area (Å²) in [7, 11) is 0. The number of aryl methyl sites for hydroxylation is 2. The highest BCUT2D eigenvalue weighted by atomic mass is 16.2. The molecule has 1 saturated heterocycles. The van der Waals surface area contributed by atoms with E-state index in [1.807, 2.05) is 30.0 Å². The normalized spacial score (nSPS) is 17.4. The molecule has 2 heterocycles. The highest BCUT2D eigenvalue weighted by molar-refractivity contribution is 5.94. The van der Waals surface area contributed by atoms with Gasteiger partial charge in [-0.3, -0.25) is 9.59 Å². The molecule has 4 heteroatoms. The zero-order valence-electron chi connectivity index (χ0n) is 13.4. The molecule has 120 valence electrons. The lowest BCUT2D eigenvalue weighted by atomic mass is 10.0. The maximum atomic E-state index is 12.7. The van der Waals surface area contributed by atoms with E-state index in [1.54, 1.807) is 12.1 Å². The van der Waals surface area contributed by atoms with E-state index < -0.39 is 0 Å². The van der Waals surface area contributed by atoms with E-state index in [1.165, 1.54) is 5.56 Å². The fraction of sp³-hybridized carbons (Fsp3) is 0.368. The third-order valence-corrected chi connectivity index (χ3v) is 4.53. The van der Waals surface area contributed by atoms with Gasteiger partial charge >= 0.3 is 0 Å². The first-order valence-corrected chi connectivity index (χ1v) is 8.20. The number of nitrogens with one attached hydrogen (secondary N) is 1. The smallest absolute Gasteiger partial charge is 0.260 e. The van der Waals surface area contributed by atoms with Crippen LogP contribution in [-0.4, -0.2) is 28.4 Å². The van der Waals surface area contributed by atoms with Crippen molar-refractivity contribution in [3.05, 3.63) is 69.6 Å². The number of nitrogens with zero attached hydrogens (tertiary/aromatic N) is 1. The molecule has 4 nitrogen and oxygen atoms in total. The second kappa shape index (κ2) is 6.82. The number of carbonyl (C=O) groups is 1. The molecule has 0 unspecified atom stereocenters. The van der Waals surface area contributed by atoms with Crippen molar-refractivity contribution in [3.8, 4) is 0 Å². The molecule has 1 atom stereocenters. The first-order chi connectivity index (χ1) is 11.1. The molecule has 0 bridgehead atoms. The van der Waals surface area contributed by atoms with Crippen molar-refractivity contribution in [1.82, 2.24) is 9.88 Å². The maximum absolute atomic E-state index is 12.7. The zero-order chi connectivity index (χ0) is 16.2. The van der Waals surface area contributed by atoms with E-state index >= 15 is 0 Å². The summed E-state index contributed by atoms with van der Waals surface area (Å²) in [6, 6.07) is 14.0. The molecule has 0 radical (unpaired) electrons. The van der Waals surface area contributed by atoms with E-state index in [9.17, 15) is 9.59 Å². The molecule has 1 aliphatic rings. The summed E-state index contributed by atoms with van der Waals surface area (Å²) in [5.41, 5.74) is 2.03. The van der Waals surface area contributed by atoms with Crippen LogP contribution in [0.15, 0.2) is 47.3 Å². The minimum absolute atomic E-state index is 0.137. The van der Waals surface area contributed by atoms with Crippen LogP contribution >= 0.6 is 0 Å². The minimum Gasteiger partial charge on any atom is -0.335 e. The number of pyridine rings is 1. The van der Waals surface area contributed by atoms with Crippen LogP contribution in [0.1, 0.15) is 40.9 Å². The number of benzene rings is 1. The zero-order valence-corrected chi connectivity index (χ0v) is 13.4. The summed E-state index contributed by atoms with van der Waals surface area (Å²) in [6.45, 7) is 2.56. The number of likely N-dealkylation sites (tertiary alicyclic amines) is 1. The van der Waals surface area contributed by atoms with Crippen molar-refractivity contribution in [3.63, 3.8) is 0 Å². The predicted octanol–water partition coefficient (Wildman–Crippen LogP) is 2.92. The molecule has 1 fully saturated rings. The Morgan fingerprint density at radius 3 is 2.74 bits per heavy atom. The second-order valence-electron chi connectivity index (χ2n) is 6.20. The maximum Gasteiger partial charge on any atom is 0.260 e. The standard InChI is InChI=1S/C19H22N2O2/c1-14-9-12-17(18(22)20-14)19(23)21-13-5-8-16(21)11-10-15-6-3-2-4-7-15/h2-4,6-7,9,12,16H,5,8,10-11,13H2,1H3,(H,20,22)/t16-/m1/s1. The number of hydrogen-bond acceptors (Lipinski definition) is 2. The molecule has 1 aliphatic heterocycles. The Bertz CT molecular complexity index is 737. The number of aromatic amines is 1. The van der Waals surface area contributed by atoms with Crippen LogP contribution in [0.25, 0.3) is 0 Å². The van der Waals surface area contributed by atoms with E-state index in [0.29, 0.717) is 0 Å². The van der Waals surface area contributed by atoms with Crippen LogP contribution < -0.4 is 5.56 Å². The predicted molar refractivity (Wildman–Crippen MR) is 90.6 cm³/mol. The summed E-state index contributed by atoms with van der Waals surface area (Å²) in [5, 5.41) is 0. The number of carbonyl (C=O) groups excluding carboxylic acids is 1. The molecule has 0 aliphatic carbocycles. The minimum atomic E-state index is -0.288. The summed E-state index contributed by atoms with van der Waals surface area (Å²) >= 11 is 0. The van der Waals surface area contributed by atoms with Crippen molar-refractivity contribution in [2.45, 2.75) is 38.6 Å². The summed E-state index contributed by atoms with van der Waals surface area (Å²) in [6.07, 6.45) is 3.93. The van der Waals surface area contributed by atoms with Crippen LogP contribution in [0.3, 0.4) is 0 Å². The number of rotatable bonds is 4. The Balaban J connectivity index is 1.71. The molecule has 2 aromatic rings. The van der Waals surface area contributed by atoms with Crippen LogP contribution in [0, 0.1) is 6.92 Å². The number of aromatic nitrogens is 1. The van der Waals surface area contributed by atoms with E-state index in [0.717, 1.165) is 37.9 Å². The molecule has 1 N–H and O–H groups in total. The van der Waals surface area contributed by atoms with Crippen molar-refractivity contribution in [2.75, 3.05) is 6.54 Å². The lowest BCUT2D eigenvalue weighted by molar-refractivity contribution is 0.0729. The Morgan fingerprint density at radius 1 is 1.22 bits per heavy atom. The summed E-state index contributed by atoms with van der Waals surface area (Å²) in [5.74, 6) is -0.137. The molecule has 3 rings (SSSR count). The van der Waals surface area contributed by atoms with Gasteiger partial charge in [0, 0.05) is 18.3 Å². The first kappa shape index (κ1) is 15.5. The van der Waals surface area contributed by atoms with Crippen molar-refractivity contribution >= 4 is 5.91 Å². The Morgan fingerprint density at radius 2 is 2.00 bits per heavy atom. The largest absolute Gasteiger partial charge is 0.335 e. The number of hydrogen-bond donors (Lipinski definition) is 1. The average molecular weight is 310 g/mol. The number of amides is 1. The van der Waals surface area contributed by atoms with Crippen molar-refractivity contribution in [2.24, 2.45) is 0 Å². The molecular formula is C19H22N2O2. The Labute approximate surface area is 136 Å². The fourth-order valence-electron chi connectivity index (χ4n) is 3.28. The SMILES string of the molecule is Cc1ccc(C(=O)N2CCC[C@@H]2CCc2ccccc2)c(=O)[nH]1. The molecule has 1 amide bonds. The third kappa shape index (κ3) is 3.52.